The van der Waals surface area contributed by atoms with Crippen molar-refractivity contribution in [2.75, 3.05) is 0 Å². The maximum atomic E-state index is 13.4. The van der Waals surface area contributed by atoms with Crippen LogP contribution in [0.15, 0.2) is 114 Å². The highest BCUT2D eigenvalue weighted by Gasteiger charge is 2.24. The number of nitrogens with zero attached hydrogens (tertiary/aromatic N) is 3. The molecule has 2 amide bonds. The van der Waals surface area contributed by atoms with Crippen molar-refractivity contribution in [1.29, 1.82) is 0 Å². The summed E-state index contributed by atoms with van der Waals surface area (Å²) in [6, 6.07) is 25.5. The molecule has 3 heterocycles. The predicted octanol–water partition coefficient (Wildman–Crippen LogP) is 4.18. The van der Waals surface area contributed by atoms with Crippen LogP contribution >= 0.6 is 0 Å². The van der Waals surface area contributed by atoms with Crippen molar-refractivity contribution in [2.45, 2.75) is 19.0 Å². The van der Waals surface area contributed by atoms with E-state index in [2.05, 4.69) is 15.6 Å². The Bertz CT molecular complexity index is 1450. The molecule has 184 valence electrons. The number of hydrogen-bond donors (Lipinski definition) is 2. The topological polar surface area (TPSA) is 102 Å². The van der Waals surface area contributed by atoms with Crippen LogP contribution in [0.25, 0.3) is 16.9 Å². The highest BCUT2D eigenvalue weighted by atomic mass is 16.3. The Hall–Kier alpha value is -4.98. The zero-order valence-electron chi connectivity index (χ0n) is 20.0. The van der Waals surface area contributed by atoms with E-state index in [1.807, 2.05) is 79.0 Å². The van der Waals surface area contributed by atoms with Crippen molar-refractivity contribution in [1.82, 2.24) is 25.4 Å². The Balaban J connectivity index is 1.38. The van der Waals surface area contributed by atoms with E-state index in [4.69, 9.17) is 9.52 Å². The SMILES string of the molecule is O=C(NC(Cc1ccccc1)C(=O)NCc1cn(-c2ccccc2)nc1-c1ccncc1)c1ccco1. The number of para-hydroxylation sites is 1. The maximum Gasteiger partial charge on any atom is 0.287 e. The van der Waals surface area contributed by atoms with Gasteiger partial charge in [-0.05, 0) is 42.0 Å². The number of hydrogen-bond acceptors (Lipinski definition) is 5. The van der Waals surface area contributed by atoms with Crippen molar-refractivity contribution in [3.05, 3.63) is 127 Å². The van der Waals surface area contributed by atoms with Crippen molar-refractivity contribution < 1.29 is 14.0 Å². The fraction of sp³-hybridized carbons (Fsp3) is 0.103. The van der Waals surface area contributed by atoms with Gasteiger partial charge in [0.15, 0.2) is 5.76 Å². The smallest absolute Gasteiger partial charge is 0.287 e. The molecule has 0 radical (unpaired) electrons. The van der Waals surface area contributed by atoms with Gasteiger partial charge in [-0.3, -0.25) is 14.6 Å². The first kappa shape index (κ1) is 23.7. The standard InChI is InChI=1S/C29H25N5O3/c35-28(25(18-21-8-3-1-4-9-21)32-29(36)26-12-7-17-37-26)31-19-23-20-34(24-10-5-2-6-11-24)33-27(23)22-13-15-30-16-14-22/h1-17,20,25H,18-19H2,(H,31,35)(H,32,36). The molecule has 1 unspecified atom stereocenters. The minimum Gasteiger partial charge on any atom is -0.459 e. The third-order valence-electron chi connectivity index (χ3n) is 5.87. The summed E-state index contributed by atoms with van der Waals surface area (Å²) in [6.45, 7) is 0.227. The maximum absolute atomic E-state index is 13.4. The van der Waals surface area contributed by atoms with Crippen LogP contribution in [0.2, 0.25) is 0 Å². The molecule has 0 spiro atoms. The zero-order chi connectivity index (χ0) is 25.5. The molecule has 2 N–H and O–H groups in total. The van der Waals surface area contributed by atoms with Gasteiger partial charge in [-0.15, -0.1) is 0 Å². The number of carbonyl (C=O) groups excluding carboxylic acids is 2. The summed E-state index contributed by atoms with van der Waals surface area (Å²) in [5.41, 5.74) is 4.30. The summed E-state index contributed by atoms with van der Waals surface area (Å²) < 4.78 is 6.99. The van der Waals surface area contributed by atoms with E-state index >= 15 is 0 Å². The Labute approximate surface area is 214 Å². The van der Waals surface area contributed by atoms with Crippen LogP contribution in [-0.4, -0.2) is 32.6 Å². The van der Waals surface area contributed by atoms with Gasteiger partial charge < -0.3 is 15.1 Å². The van der Waals surface area contributed by atoms with Crippen LogP contribution in [0, 0.1) is 0 Å². The van der Waals surface area contributed by atoms with Crippen LogP contribution in [-0.2, 0) is 17.8 Å². The van der Waals surface area contributed by atoms with E-state index in [9.17, 15) is 9.59 Å². The van der Waals surface area contributed by atoms with Gasteiger partial charge in [0.2, 0.25) is 5.91 Å². The largest absolute Gasteiger partial charge is 0.459 e. The number of benzene rings is 2. The third-order valence-corrected chi connectivity index (χ3v) is 5.87. The molecule has 2 aromatic carbocycles. The van der Waals surface area contributed by atoms with Gasteiger partial charge in [0.05, 0.1) is 17.6 Å². The van der Waals surface area contributed by atoms with E-state index in [-0.39, 0.29) is 18.2 Å². The molecule has 5 aromatic rings. The fourth-order valence-corrected chi connectivity index (χ4v) is 4.01. The number of nitrogens with one attached hydrogen (secondary N) is 2. The van der Waals surface area contributed by atoms with E-state index in [1.54, 1.807) is 29.2 Å². The second-order valence-corrected chi connectivity index (χ2v) is 8.43. The molecule has 0 saturated carbocycles. The lowest BCUT2D eigenvalue weighted by Gasteiger charge is -2.18. The van der Waals surface area contributed by atoms with Crippen molar-refractivity contribution in [2.24, 2.45) is 0 Å². The number of furan rings is 1. The lowest BCUT2D eigenvalue weighted by atomic mass is 10.0. The predicted molar refractivity (Wildman–Crippen MR) is 139 cm³/mol. The average Bonchev–Trinajstić information content (AvgIpc) is 3.64. The quantitative estimate of drug-likeness (QED) is 0.322. The van der Waals surface area contributed by atoms with Gasteiger partial charge in [0.1, 0.15) is 6.04 Å². The summed E-state index contributed by atoms with van der Waals surface area (Å²) in [6.07, 6.45) is 7.07. The van der Waals surface area contributed by atoms with Crippen molar-refractivity contribution in [3.63, 3.8) is 0 Å². The normalized spacial score (nSPS) is 11.6. The molecule has 8 nitrogen and oxygen atoms in total. The molecule has 3 aromatic heterocycles. The van der Waals surface area contributed by atoms with Crippen LogP contribution in [0.4, 0.5) is 0 Å². The molecule has 0 aliphatic heterocycles. The van der Waals surface area contributed by atoms with E-state index in [0.29, 0.717) is 6.42 Å². The van der Waals surface area contributed by atoms with Gasteiger partial charge in [-0.1, -0.05) is 48.5 Å². The number of pyridine rings is 1. The molecule has 0 saturated heterocycles. The Morgan fingerprint density at radius 3 is 2.32 bits per heavy atom. The summed E-state index contributed by atoms with van der Waals surface area (Å²) in [7, 11) is 0. The van der Waals surface area contributed by atoms with Crippen molar-refractivity contribution in [3.8, 4) is 16.9 Å². The lowest BCUT2D eigenvalue weighted by molar-refractivity contribution is -0.123. The second kappa shape index (κ2) is 11.2. The van der Waals surface area contributed by atoms with Crippen LogP contribution in [0.1, 0.15) is 21.7 Å². The first-order valence-corrected chi connectivity index (χ1v) is 11.9. The summed E-state index contributed by atoms with van der Waals surface area (Å²) in [4.78, 5) is 30.1. The van der Waals surface area contributed by atoms with Gasteiger partial charge in [0, 0.05) is 42.7 Å². The lowest BCUT2D eigenvalue weighted by Crippen LogP contribution is -2.47. The average molecular weight is 492 g/mol. The number of rotatable bonds is 9. The fourth-order valence-electron chi connectivity index (χ4n) is 4.01. The molecular formula is C29H25N5O3. The van der Waals surface area contributed by atoms with Crippen LogP contribution in [0.3, 0.4) is 0 Å². The monoisotopic (exact) mass is 491 g/mol. The Morgan fingerprint density at radius 2 is 1.62 bits per heavy atom. The van der Waals surface area contributed by atoms with E-state index in [0.717, 1.165) is 28.1 Å². The number of amides is 2. The summed E-state index contributed by atoms with van der Waals surface area (Å²) in [5, 5.41) is 10.6. The van der Waals surface area contributed by atoms with E-state index < -0.39 is 11.9 Å². The van der Waals surface area contributed by atoms with Gasteiger partial charge in [-0.2, -0.15) is 5.10 Å². The zero-order valence-corrected chi connectivity index (χ0v) is 20.0. The summed E-state index contributed by atoms with van der Waals surface area (Å²) in [5.74, 6) is -0.609. The molecule has 1 atom stereocenters. The first-order valence-electron chi connectivity index (χ1n) is 11.9. The molecule has 37 heavy (non-hydrogen) atoms. The highest BCUT2D eigenvalue weighted by Crippen LogP contribution is 2.23. The first-order chi connectivity index (χ1) is 18.2. The summed E-state index contributed by atoms with van der Waals surface area (Å²) >= 11 is 0. The van der Waals surface area contributed by atoms with Crippen LogP contribution in [0.5, 0.6) is 0 Å². The minimum absolute atomic E-state index is 0.148. The molecule has 0 fully saturated rings. The molecule has 8 heteroatoms. The second-order valence-electron chi connectivity index (χ2n) is 8.43. The Kier molecular flexibility index (Phi) is 7.17. The molecule has 0 aliphatic rings. The molecular weight excluding hydrogens is 466 g/mol. The van der Waals surface area contributed by atoms with Gasteiger partial charge in [0.25, 0.3) is 5.91 Å². The number of aromatic nitrogens is 3. The Morgan fingerprint density at radius 1 is 0.892 bits per heavy atom. The molecule has 0 bridgehead atoms. The molecule has 5 rings (SSSR count). The number of carbonyl (C=O) groups is 2. The highest BCUT2D eigenvalue weighted by molar-refractivity contribution is 5.95. The van der Waals surface area contributed by atoms with Crippen LogP contribution < -0.4 is 10.6 Å². The molecule has 0 aliphatic carbocycles. The van der Waals surface area contributed by atoms with Gasteiger partial charge >= 0.3 is 0 Å². The van der Waals surface area contributed by atoms with Gasteiger partial charge in [-0.25, -0.2) is 4.68 Å². The van der Waals surface area contributed by atoms with E-state index in [1.165, 1.54) is 6.26 Å². The third kappa shape index (κ3) is 5.82. The van der Waals surface area contributed by atoms with Crippen molar-refractivity contribution >= 4 is 11.8 Å². The minimum atomic E-state index is -0.798.